The van der Waals surface area contributed by atoms with Crippen LogP contribution in [0.4, 0.5) is 5.69 Å². The molecule has 146 valence electrons. The second-order valence-corrected chi connectivity index (χ2v) is 6.83. The molecule has 1 fully saturated rings. The van der Waals surface area contributed by atoms with Gasteiger partial charge in [-0.1, -0.05) is 0 Å². The molecule has 0 unspecified atom stereocenters. The van der Waals surface area contributed by atoms with Crippen LogP contribution in [0.2, 0.25) is 0 Å². The zero-order chi connectivity index (χ0) is 19.1. The molecule has 0 bridgehead atoms. The fourth-order valence-corrected chi connectivity index (χ4v) is 3.02. The van der Waals surface area contributed by atoms with Crippen molar-refractivity contribution in [3.05, 3.63) is 23.8 Å². The number of morpholine rings is 1. The van der Waals surface area contributed by atoms with Crippen molar-refractivity contribution in [1.82, 2.24) is 15.6 Å². The molecule has 9 heteroatoms. The minimum Gasteiger partial charge on any atom is -0.482 e. The van der Waals surface area contributed by atoms with E-state index in [0.29, 0.717) is 16.5 Å². The normalized spacial score (nSPS) is 17.5. The van der Waals surface area contributed by atoms with Gasteiger partial charge in [0, 0.05) is 19.6 Å². The summed E-state index contributed by atoms with van der Waals surface area (Å²) in [7, 11) is 0. The van der Waals surface area contributed by atoms with Gasteiger partial charge in [-0.25, -0.2) is 0 Å². The van der Waals surface area contributed by atoms with Gasteiger partial charge >= 0.3 is 0 Å². The predicted molar refractivity (Wildman–Crippen MR) is 108 cm³/mol. The molecule has 0 saturated carbocycles. The van der Waals surface area contributed by atoms with Gasteiger partial charge in [0.15, 0.2) is 11.7 Å². The van der Waals surface area contributed by atoms with Crippen molar-refractivity contribution in [2.24, 2.45) is 5.10 Å². The largest absolute Gasteiger partial charge is 0.482 e. The van der Waals surface area contributed by atoms with Crippen LogP contribution in [0.5, 0.6) is 5.75 Å². The lowest BCUT2D eigenvalue weighted by atomic mass is 10.1. The summed E-state index contributed by atoms with van der Waals surface area (Å²) < 4.78 is 10.7. The van der Waals surface area contributed by atoms with E-state index in [4.69, 9.17) is 21.7 Å². The Labute approximate surface area is 164 Å². The molecule has 27 heavy (non-hydrogen) atoms. The fourth-order valence-electron chi connectivity index (χ4n) is 2.88. The molecule has 1 saturated heterocycles. The van der Waals surface area contributed by atoms with Crippen LogP contribution in [0.15, 0.2) is 23.3 Å². The van der Waals surface area contributed by atoms with Gasteiger partial charge in [-0.05, 0) is 55.9 Å². The number of nitrogens with one attached hydrogen (secondary N) is 3. The van der Waals surface area contributed by atoms with E-state index in [1.165, 1.54) is 0 Å². The van der Waals surface area contributed by atoms with E-state index in [1.807, 2.05) is 25.1 Å². The van der Waals surface area contributed by atoms with Gasteiger partial charge in [0.05, 0.1) is 24.6 Å². The van der Waals surface area contributed by atoms with Crippen LogP contribution in [0.1, 0.15) is 18.9 Å². The average Bonchev–Trinajstić information content (AvgIpc) is 2.69. The van der Waals surface area contributed by atoms with Crippen LogP contribution in [-0.4, -0.2) is 67.6 Å². The van der Waals surface area contributed by atoms with Crippen LogP contribution in [0.25, 0.3) is 0 Å². The van der Waals surface area contributed by atoms with E-state index in [2.05, 4.69) is 26.1 Å². The molecular weight excluding hydrogens is 366 g/mol. The third-order valence-electron chi connectivity index (χ3n) is 4.40. The Kier molecular flexibility index (Phi) is 6.97. The molecule has 0 spiro atoms. The molecule has 1 amide bonds. The molecule has 1 aromatic carbocycles. The molecule has 2 aliphatic rings. The smallest absolute Gasteiger partial charge is 0.262 e. The summed E-state index contributed by atoms with van der Waals surface area (Å²) in [4.78, 5) is 13.8. The Morgan fingerprint density at radius 3 is 3.00 bits per heavy atom. The van der Waals surface area contributed by atoms with Gasteiger partial charge in [-0.2, -0.15) is 5.10 Å². The number of hydrazone groups is 1. The number of benzene rings is 1. The molecule has 0 aliphatic carbocycles. The van der Waals surface area contributed by atoms with Crippen molar-refractivity contribution in [1.29, 1.82) is 0 Å². The van der Waals surface area contributed by atoms with Crippen molar-refractivity contribution < 1.29 is 14.3 Å². The van der Waals surface area contributed by atoms with Gasteiger partial charge in [0.1, 0.15) is 5.75 Å². The molecule has 0 aromatic heterocycles. The van der Waals surface area contributed by atoms with E-state index in [1.54, 1.807) is 0 Å². The minimum atomic E-state index is -0.158. The first-order valence-corrected chi connectivity index (χ1v) is 9.48. The third-order valence-corrected chi connectivity index (χ3v) is 4.63. The Morgan fingerprint density at radius 2 is 2.19 bits per heavy atom. The van der Waals surface area contributed by atoms with Crippen LogP contribution in [0, 0.1) is 0 Å². The van der Waals surface area contributed by atoms with Crippen molar-refractivity contribution >= 4 is 34.6 Å². The van der Waals surface area contributed by atoms with E-state index < -0.39 is 0 Å². The summed E-state index contributed by atoms with van der Waals surface area (Å²) in [6.07, 6.45) is 1.01. The van der Waals surface area contributed by atoms with E-state index in [9.17, 15) is 4.79 Å². The topological polar surface area (TPSA) is 87.2 Å². The van der Waals surface area contributed by atoms with Crippen molar-refractivity contribution in [3.63, 3.8) is 0 Å². The number of carbonyl (C=O) groups is 1. The number of fused-ring (bicyclic) bond motifs is 1. The Bertz CT molecular complexity index is 719. The van der Waals surface area contributed by atoms with Crippen molar-refractivity contribution in [3.8, 4) is 5.75 Å². The Balaban J connectivity index is 1.42. The van der Waals surface area contributed by atoms with Crippen molar-refractivity contribution in [2.75, 3.05) is 51.3 Å². The number of rotatable bonds is 6. The molecule has 3 N–H and O–H groups in total. The van der Waals surface area contributed by atoms with E-state index in [0.717, 1.165) is 57.1 Å². The number of ether oxygens (including phenoxy) is 2. The molecule has 1 aromatic rings. The molecule has 3 rings (SSSR count). The molecule has 8 nitrogen and oxygen atoms in total. The highest BCUT2D eigenvalue weighted by Gasteiger charge is 2.16. The van der Waals surface area contributed by atoms with E-state index in [-0.39, 0.29) is 12.5 Å². The Hall–Kier alpha value is -2.23. The number of anilines is 1. The highest BCUT2D eigenvalue weighted by Crippen LogP contribution is 2.28. The van der Waals surface area contributed by atoms with Crippen LogP contribution in [0.3, 0.4) is 0 Å². The number of hydrogen-bond donors (Lipinski definition) is 3. The maximum Gasteiger partial charge on any atom is 0.262 e. The quantitative estimate of drug-likeness (QED) is 0.288. The summed E-state index contributed by atoms with van der Waals surface area (Å²) >= 11 is 5.27. The van der Waals surface area contributed by atoms with Gasteiger partial charge in [-0.15, -0.1) is 0 Å². The second kappa shape index (κ2) is 9.63. The number of amides is 1. The number of hydrogen-bond acceptors (Lipinski definition) is 6. The highest BCUT2D eigenvalue weighted by molar-refractivity contribution is 7.80. The zero-order valence-electron chi connectivity index (χ0n) is 15.4. The lowest BCUT2D eigenvalue weighted by Gasteiger charge is -2.26. The zero-order valence-corrected chi connectivity index (χ0v) is 16.2. The van der Waals surface area contributed by atoms with Gasteiger partial charge in [0.25, 0.3) is 5.91 Å². The van der Waals surface area contributed by atoms with Crippen LogP contribution >= 0.6 is 12.2 Å². The number of carbonyl (C=O) groups excluding carboxylic acids is 1. The maximum absolute atomic E-state index is 11.4. The molecule has 2 aliphatic heterocycles. The molecule has 0 atom stereocenters. The van der Waals surface area contributed by atoms with Gasteiger partial charge < -0.3 is 20.1 Å². The van der Waals surface area contributed by atoms with Gasteiger partial charge in [0.2, 0.25) is 0 Å². The van der Waals surface area contributed by atoms with Gasteiger partial charge in [-0.3, -0.25) is 15.1 Å². The first-order chi connectivity index (χ1) is 13.1. The van der Waals surface area contributed by atoms with Crippen LogP contribution < -0.4 is 20.8 Å². The summed E-state index contributed by atoms with van der Waals surface area (Å²) in [5, 5.41) is 10.8. The first-order valence-electron chi connectivity index (χ1n) is 9.07. The molecule has 2 heterocycles. The molecular formula is C18H25N5O3S. The first kappa shape index (κ1) is 19.5. The number of thiocarbonyl (C=S) groups is 1. The number of nitrogens with zero attached hydrogens (tertiary/aromatic N) is 2. The Morgan fingerprint density at radius 1 is 1.37 bits per heavy atom. The lowest BCUT2D eigenvalue weighted by molar-refractivity contribution is -0.118. The summed E-state index contributed by atoms with van der Waals surface area (Å²) in [6, 6.07) is 5.56. The van der Waals surface area contributed by atoms with E-state index >= 15 is 0 Å². The minimum absolute atomic E-state index is 0.0481. The summed E-state index contributed by atoms with van der Waals surface area (Å²) in [5.74, 6) is 0.506. The third kappa shape index (κ3) is 5.88. The monoisotopic (exact) mass is 391 g/mol. The highest BCUT2D eigenvalue weighted by atomic mass is 32.1. The predicted octanol–water partition coefficient (Wildman–Crippen LogP) is 0.928. The maximum atomic E-state index is 11.4. The SMILES string of the molecule is C/C(=N/NC(=S)NCCCN1CCOCC1)c1ccc2c(c1)NC(=O)CO2. The second-order valence-electron chi connectivity index (χ2n) is 6.42. The summed E-state index contributed by atoms with van der Waals surface area (Å²) in [5.41, 5.74) is 5.16. The summed E-state index contributed by atoms with van der Waals surface area (Å²) in [6.45, 7) is 7.38. The average molecular weight is 391 g/mol. The van der Waals surface area contributed by atoms with Crippen molar-refractivity contribution in [2.45, 2.75) is 13.3 Å². The fraction of sp³-hybridized carbons (Fsp3) is 0.500. The lowest BCUT2D eigenvalue weighted by Crippen LogP contribution is -2.39. The van der Waals surface area contributed by atoms with Crippen LogP contribution in [-0.2, 0) is 9.53 Å². The standard InChI is InChI=1S/C18H25N5O3S/c1-13(14-3-4-16-15(11-14)20-17(24)12-26-16)21-22-18(27)19-5-2-6-23-7-9-25-10-8-23/h3-4,11H,2,5-10,12H2,1H3,(H,20,24)(H2,19,22,27)/b21-13-. The molecule has 0 radical (unpaired) electrons.